The average Bonchev–Trinajstić information content (AvgIpc) is 2.59. The Hall–Kier alpha value is -1.26. The molecule has 3 fully saturated rings. The standard InChI is InChI=1S/C19H22N2O.H2S/c22-19-16-6-2-4-14-3-1-5-15(18(14)16)11-21(19)17-12-20-9-7-13(17)8-10-20;/h2,4,6,11,13,17H,1,3,5,7-10,12H2;1H2/t17-;/m1./s1. The number of aromatic nitrogens is 1. The van der Waals surface area contributed by atoms with Gasteiger partial charge in [0.05, 0.1) is 6.04 Å². The maximum Gasteiger partial charge on any atom is 0.258 e. The molecule has 3 saturated heterocycles. The highest BCUT2D eigenvalue weighted by atomic mass is 32.1. The molecule has 1 aromatic heterocycles. The van der Waals surface area contributed by atoms with E-state index in [0.717, 1.165) is 24.8 Å². The van der Waals surface area contributed by atoms with Gasteiger partial charge in [-0.2, -0.15) is 13.5 Å². The van der Waals surface area contributed by atoms with Crippen molar-refractivity contribution >= 4 is 24.3 Å². The van der Waals surface area contributed by atoms with Crippen molar-refractivity contribution in [3.05, 3.63) is 45.9 Å². The van der Waals surface area contributed by atoms with E-state index in [0.29, 0.717) is 12.0 Å². The van der Waals surface area contributed by atoms with E-state index in [4.69, 9.17) is 0 Å². The Labute approximate surface area is 143 Å². The number of hydrogen-bond acceptors (Lipinski definition) is 2. The molecule has 23 heavy (non-hydrogen) atoms. The number of pyridine rings is 1. The van der Waals surface area contributed by atoms with Crippen LogP contribution in [0.5, 0.6) is 0 Å². The maximum atomic E-state index is 13.1. The van der Waals surface area contributed by atoms with Crippen LogP contribution in [-0.4, -0.2) is 29.1 Å². The quantitative estimate of drug-likeness (QED) is 0.804. The smallest absolute Gasteiger partial charge is 0.258 e. The summed E-state index contributed by atoms with van der Waals surface area (Å²) in [5.41, 5.74) is 3.01. The fourth-order valence-electron chi connectivity index (χ4n) is 4.95. The van der Waals surface area contributed by atoms with Gasteiger partial charge in [-0.15, -0.1) is 0 Å². The fraction of sp³-hybridized carbons (Fsp3) is 0.526. The molecular formula is C19H24N2OS. The zero-order valence-corrected chi connectivity index (χ0v) is 14.4. The van der Waals surface area contributed by atoms with Crippen molar-refractivity contribution < 1.29 is 0 Å². The first kappa shape index (κ1) is 15.3. The summed E-state index contributed by atoms with van der Waals surface area (Å²) in [6, 6.07) is 6.69. The zero-order chi connectivity index (χ0) is 14.7. The van der Waals surface area contributed by atoms with E-state index in [1.54, 1.807) is 0 Å². The fourth-order valence-corrected chi connectivity index (χ4v) is 4.95. The van der Waals surface area contributed by atoms with Crippen LogP contribution in [0.3, 0.4) is 0 Å². The third kappa shape index (κ3) is 2.26. The monoisotopic (exact) mass is 328 g/mol. The molecule has 1 aliphatic carbocycles. The van der Waals surface area contributed by atoms with Gasteiger partial charge in [0.15, 0.2) is 0 Å². The molecule has 0 spiro atoms. The normalized spacial score (nSPS) is 28.6. The number of rotatable bonds is 1. The molecule has 1 aromatic carbocycles. The van der Waals surface area contributed by atoms with Gasteiger partial charge in [-0.25, -0.2) is 0 Å². The summed E-state index contributed by atoms with van der Waals surface area (Å²) in [6.07, 6.45) is 8.17. The van der Waals surface area contributed by atoms with Gasteiger partial charge in [-0.05, 0) is 73.7 Å². The van der Waals surface area contributed by atoms with Crippen LogP contribution >= 0.6 is 13.5 Å². The van der Waals surface area contributed by atoms with Gasteiger partial charge in [-0.1, -0.05) is 12.1 Å². The summed E-state index contributed by atoms with van der Waals surface area (Å²) in [7, 11) is 0. The highest BCUT2D eigenvalue weighted by Crippen LogP contribution is 2.36. The molecule has 1 atom stereocenters. The largest absolute Gasteiger partial charge is 0.310 e. The second kappa shape index (κ2) is 5.67. The minimum Gasteiger partial charge on any atom is -0.310 e. The van der Waals surface area contributed by atoms with Gasteiger partial charge in [0, 0.05) is 18.1 Å². The molecule has 122 valence electrons. The Bertz CT molecular complexity index is 805. The van der Waals surface area contributed by atoms with Crippen LogP contribution in [0.1, 0.15) is 36.4 Å². The van der Waals surface area contributed by atoms with Crippen LogP contribution < -0.4 is 5.56 Å². The zero-order valence-electron chi connectivity index (χ0n) is 13.4. The predicted octanol–water partition coefficient (Wildman–Crippen LogP) is 2.87. The molecule has 4 heterocycles. The van der Waals surface area contributed by atoms with Crippen LogP contribution in [-0.2, 0) is 12.8 Å². The van der Waals surface area contributed by atoms with E-state index >= 15 is 0 Å². The van der Waals surface area contributed by atoms with E-state index in [9.17, 15) is 4.79 Å². The summed E-state index contributed by atoms with van der Waals surface area (Å²) < 4.78 is 2.10. The molecule has 0 saturated carbocycles. The van der Waals surface area contributed by atoms with E-state index in [1.165, 1.54) is 48.9 Å². The van der Waals surface area contributed by atoms with Crippen molar-refractivity contribution in [1.29, 1.82) is 0 Å². The molecule has 0 radical (unpaired) electrons. The SMILES string of the molecule is O=c1c2cccc3c2c(cn1[C@@H]1CN2CCC1CC2)CCC3.S. The Morgan fingerprint density at radius 3 is 2.57 bits per heavy atom. The van der Waals surface area contributed by atoms with Crippen molar-refractivity contribution in [3.63, 3.8) is 0 Å². The molecule has 3 aliphatic heterocycles. The van der Waals surface area contributed by atoms with Gasteiger partial charge in [0.2, 0.25) is 0 Å². The summed E-state index contributed by atoms with van der Waals surface area (Å²) >= 11 is 0. The first-order valence-electron chi connectivity index (χ1n) is 8.69. The lowest BCUT2D eigenvalue weighted by Gasteiger charge is -2.45. The molecule has 3 nitrogen and oxygen atoms in total. The van der Waals surface area contributed by atoms with Gasteiger partial charge in [-0.3, -0.25) is 4.79 Å². The number of benzene rings is 1. The van der Waals surface area contributed by atoms with Gasteiger partial charge >= 0.3 is 0 Å². The van der Waals surface area contributed by atoms with Crippen LogP contribution in [0, 0.1) is 5.92 Å². The molecule has 0 amide bonds. The minimum atomic E-state index is 0. The summed E-state index contributed by atoms with van der Waals surface area (Å²) in [5, 5.41) is 2.21. The minimum absolute atomic E-state index is 0. The predicted molar refractivity (Wildman–Crippen MR) is 98.8 cm³/mol. The van der Waals surface area contributed by atoms with Crippen molar-refractivity contribution in [3.8, 4) is 0 Å². The van der Waals surface area contributed by atoms with E-state index in [1.807, 2.05) is 6.07 Å². The lowest BCUT2D eigenvalue weighted by atomic mass is 9.83. The van der Waals surface area contributed by atoms with Crippen LogP contribution in [0.4, 0.5) is 0 Å². The highest BCUT2D eigenvalue weighted by molar-refractivity contribution is 7.59. The second-order valence-electron chi connectivity index (χ2n) is 7.27. The molecule has 0 N–H and O–H groups in total. The molecule has 2 aromatic rings. The van der Waals surface area contributed by atoms with Crippen molar-refractivity contribution in [2.75, 3.05) is 19.6 Å². The second-order valence-corrected chi connectivity index (χ2v) is 7.27. The van der Waals surface area contributed by atoms with Gasteiger partial charge < -0.3 is 9.47 Å². The Kier molecular flexibility index (Phi) is 3.77. The number of fused-ring (bicyclic) bond motifs is 3. The van der Waals surface area contributed by atoms with Crippen LogP contribution in [0.25, 0.3) is 10.8 Å². The summed E-state index contributed by atoms with van der Waals surface area (Å²) in [4.78, 5) is 15.6. The van der Waals surface area contributed by atoms with E-state index < -0.39 is 0 Å². The topological polar surface area (TPSA) is 25.2 Å². The number of aryl methyl sites for hydroxylation is 2. The van der Waals surface area contributed by atoms with Crippen molar-refractivity contribution in [1.82, 2.24) is 9.47 Å². The molecule has 0 unspecified atom stereocenters. The molecule has 6 rings (SSSR count). The van der Waals surface area contributed by atoms with Gasteiger partial charge in [0.1, 0.15) is 0 Å². The Morgan fingerprint density at radius 1 is 1.04 bits per heavy atom. The van der Waals surface area contributed by atoms with E-state index in [-0.39, 0.29) is 19.1 Å². The van der Waals surface area contributed by atoms with Crippen LogP contribution in [0.2, 0.25) is 0 Å². The average molecular weight is 328 g/mol. The first-order valence-corrected chi connectivity index (χ1v) is 8.69. The third-order valence-electron chi connectivity index (χ3n) is 6.10. The molecule has 4 aliphatic rings. The number of nitrogens with zero attached hydrogens (tertiary/aromatic N) is 2. The lowest BCUT2D eigenvalue weighted by molar-refractivity contribution is 0.0555. The third-order valence-corrected chi connectivity index (χ3v) is 6.10. The highest BCUT2D eigenvalue weighted by Gasteiger charge is 2.36. The summed E-state index contributed by atoms with van der Waals surface area (Å²) in [5.74, 6) is 0.694. The van der Waals surface area contributed by atoms with Gasteiger partial charge in [0.25, 0.3) is 5.56 Å². The van der Waals surface area contributed by atoms with Crippen molar-refractivity contribution in [2.24, 2.45) is 5.92 Å². The molecule has 4 heteroatoms. The number of hydrogen-bond donors (Lipinski definition) is 0. The van der Waals surface area contributed by atoms with E-state index in [2.05, 4.69) is 27.8 Å². The summed E-state index contributed by atoms with van der Waals surface area (Å²) in [6.45, 7) is 3.51. The van der Waals surface area contributed by atoms with Crippen molar-refractivity contribution in [2.45, 2.75) is 38.1 Å². The molecular weight excluding hydrogens is 304 g/mol. The maximum absolute atomic E-state index is 13.1. The lowest BCUT2D eigenvalue weighted by Crippen LogP contribution is -2.50. The number of piperidine rings is 3. The van der Waals surface area contributed by atoms with Crippen LogP contribution in [0.15, 0.2) is 29.2 Å². The Balaban J connectivity index is 0.00000135. The Morgan fingerprint density at radius 2 is 1.83 bits per heavy atom. The molecule has 2 bridgehead atoms. The first-order chi connectivity index (χ1) is 10.8.